The molecular formula is C13H19N3S. The first-order chi connectivity index (χ1) is 8.21. The van der Waals surface area contributed by atoms with E-state index in [0.29, 0.717) is 10.8 Å². The Morgan fingerprint density at radius 1 is 1.53 bits per heavy atom. The molecule has 1 unspecified atom stereocenters. The van der Waals surface area contributed by atoms with Crippen LogP contribution in [0.4, 0.5) is 0 Å². The van der Waals surface area contributed by atoms with Crippen LogP contribution in [0.3, 0.4) is 0 Å². The molecule has 1 aromatic heterocycles. The van der Waals surface area contributed by atoms with E-state index in [-0.39, 0.29) is 0 Å². The summed E-state index contributed by atoms with van der Waals surface area (Å²) in [6, 6.07) is 5.95. The average molecular weight is 249 g/mol. The Balaban J connectivity index is 2.78. The fraction of sp³-hybridized carbons (Fsp3) is 0.538. The number of aromatic nitrogens is 1. The molecule has 0 saturated heterocycles. The summed E-state index contributed by atoms with van der Waals surface area (Å²) in [5.41, 5.74) is 1.65. The van der Waals surface area contributed by atoms with Crippen molar-refractivity contribution in [2.45, 2.75) is 37.0 Å². The van der Waals surface area contributed by atoms with Gasteiger partial charge in [0.1, 0.15) is 11.1 Å². The highest BCUT2D eigenvalue weighted by Crippen LogP contribution is 2.28. The maximum atomic E-state index is 9.06. The maximum Gasteiger partial charge on any atom is 0.114 e. The molecule has 1 heterocycles. The Bertz CT molecular complexity index is 398. The Labute approximate surface area is 108 Å². The van der Waals surface area contributed by atoms with Crippen molar-refractivity contribution in [1.82, 2.24) is 10.3 Å². The van der Waals surface area contributed by atoms with Crippen molar-refractivity contribution < 1.29 is 0 Å². The predicted molar refractivity (Wildman–Crippen MR) is 72.2 cm³/mol. The summed E-state index contributed by atoms with van der Waals surface area (Å²) in [4.78, 5) is 4.46. The molecule has 0 amide bonds. The number of aryl methyl sites for hydroxylation is 1. The second-order valence-corrected chi connectivity index (χ2v) is 5.25. The maximum absolute atomic E-state index is 9.06. The molecule has 1 atom stereocenters. The van der Waals surface area contributed by atoms with E-state index in [4.69, 9.17) is 5.26 Å². The normalized spacial score (nSPS) is 12.1. The molecule has 3 nitrogen and oxygen atoms in total. The Hall–Kier alpha value is -1.05. The highest BCUT2D eigenvalue weighted by Gasteiger charge is 2.12. The number of rotatable bonds is 6. The number of pyridine rings is 1. The number of nitrogens with zero attached hydrogens (tertiary/aromatic N) is 2. The topological polar surface area (TPSA) is 48.7 Å². The average Bonchev–Trinajstić information content (AvgIpc) is 2.34. The van der Waals surface area contributed by atoms with Gasteiger partial charge >= 0.3 is 0 Å². The van der Waals surface area contributed by atoms with E-state index in [1.165, 1.54) is 0 Å². The highest BCUT2D eigenvalue weighted by molar-refractivity contribution is 7.99. The summed E-state index contributed by atoms with van der Waals surface area (Å²) in [5.74, 6) is 0. The number of hydrogen-bond donors (Lipinski definition) is 1. The molecule has 92 valence electrons. The van der Waals surface area contributed by atoms with Crippen LogP contribution >= 0.6 is 11.8 Å². The zero-order valence-electron chi connectivity index (χ0n) is 10.7. The zero-order valence-corrected chi connectivity index (χ0v) is 11.5. The Morgan fingerprint density at radius 3 is 2.88 bits per heavy atom. The van der Waals surface area contributed by atoms with Crippen molar-refractivity contribution >= 4 is 11.8 Å². The quantitative estimate of drug-likeness (QED) is 0.788. The van der Waals surface area contributed by atoms with Crippen molar-refractivity contribution in [3.8, 4) is 6.07 Å². The lowest BCUT2D eigenvalue weighted by Gasteiger charge is -2.14. The van der Waals surface area contributed by atoms with E-state index in [0.717, 1.165) is 30.1 Å². The van der Waals surface area contributed by atoms with Crippen LogP contribution in [0.5, 0.6) is 0 Å². The van der Waals surface area contributed by atoms with E-state index in [1.54, 1.807) is 11.8 Å². The van der Waals surface area contributed by atoms with Crippen LogP contribution in [0, 0.1) is 18.3 Å². The summed E-state index contributed by atoms with van der Waals surface area (Å²) in [6.07, 6.45) is 2.19. The zero-order chi connectivity index (χ0) is 12.7. The number of nitriles is 1. The molecule has 17 heavy (non-hydrogen) atoms. The van der Waals surface area contributed by atoms with Crippen LogP contribution in [0.2, 0.25) is 0 Å². The summed E-state index contributed by atoms with van der Waals surface area (Å²) in [7, 11) is 1.96. The molecule has 0 aliphatic heterocycles. The number of nitrogens with one attached hydrogen (secondary N) is 1. The van der Waals surface area contributed by atoms with Gasteiger partial charge in [0.15, 0.2) is 0 Å². The van der Waals surface area contributed by atoms with Crippen molar-refractivity contribution in [2.75, 3.05) is 13.6 Å². The molecule has 1 rings (SSSR count). The lowest BCUT2D eigenvalue weighted by molar-refractivity contribution is 0.679. The van der Waals surface area contributed by atoms with Gasteiger partial charge in [0, 0.05) is 10.9 Å². The van der Waals surface area contributed by atoms with Gasteiger partial charge in [-0.2, -0.15) is 5.26 Å². The minimum absolute atomic E-state index is 0.517. The molecule has 0 spiro atoms. The van der Waals surface area contributed by atoms with Crippen molar-refractivity contribution in [2.24, 2.45) is 0 Å². The van der Waals surface area contributed by atoms with Gasteiger partial charge in [0.05, 0.1) is 5.56 Å². The summed E-state index contributed by atoms with van der Waals surface area (Å²) in [6.45, 7) is 5.13. The molecular weight excluding hydrogens is 230 g/mol. The SMILES string of the molecule is CCC(CCNC)Sc1nc(C)ccc1C#N. The minimum Gasteiger partial charge on any atom is -0.320 e. The number of hydrogen-bond acceptors (Lipinski definition) is 4. The smallest absolute Gasteiger partial charge is 0.114 e. The molecule has 0 aromatic carbocycles. The second-order valence-electron chi connectivity index (χ2n) is 3.96. The van der Waals surface area contributed by atoms with E-state index in [2.05, 4.69) is 23.3 Å². The molecule has 0 saturated carbocycles. The van der Waals surface area contributed by atoms with Crippen LogP contribution in [-0.4, -0.2) is 23.8 Å². The van der Waals surface area contributed by atoms with E-state index >= 15 is 0 Å². The predicted octanol–water partition coefficient (Wildman–Crippen LogP) is 2.74. The van der Waals surface area contributed by atoms with Crippen LogP contribution in [-0.2, 0) is 0 Å². The molecule has 1 aromatic rings. The Morgan fingerprint density at radius 2 is 2.29 bits per heavy atom. The van der Waals surface area contributed by atoms with Crippen LogP contribution < -0.4 is 5.32 Å². The Kier molecular flexibility index (Phi) is 6.03. The van der Waals surface area contributed by atoms with Crippen molar-refractivity contribution in [1.29, 1.82) is 5.26 Å². The van der Waals surface area contributed by atoms with Gasteiger partial charge < -0.3 is 5.32 Å². The number of thioether (sulfide) groups is 1. The van der Waals surface area contributed by atoms with Crippen LogP contribution in [0.25, 0.3) is 0 Å². The fourth-order valence-corrected chi connectivity index (χ4v) is 2.67. The van der Waals surface area contributed by atoms with Gasteiger partial charge in [-0.3, -0.25) is 0 Å². The lowest BCUT2D eigenvalue weighted by Crippen LogP contribution is -2.14. The first-order valence-corrected chi connectivity index (χ1v) is 6.78. The summed E-state index contributed by atoms with van der Waals surface area (Å²) >= 11 is 1.72. The highest BCUT2D eigenvalue weighted by atomic mass is 32.2. The minimum atomic E-state index is 0.517. The largest absolute Gasteiger partial charge is 0.320 e. The lowest BCUT2D eigenvalue weighted by atomic mass is 10.2. The van der Waals surface area contributed by atoms with Crippen LogP contribution in [0.1, 0.15) is 31.0 Å². The second kappa shape index (κ2) is 7.31. The molecule has 0 aliphatic carbocycles. The molecule has 0 fully saturated rings. The third-order valence-electron chi connectivity index (χ3n) is 2.57. The van der Waals surface area contributed by atoms with Crippen LogP contribution in [0.15, 0.2) is 17.2 Å². The molecule has 1 N–H and O–H groups in total. The fourth-order valence-electron chi connectivity index (χ4n) is 1.52. The van der Waals surface area contributed by atoms with Crippen molar-refractivity contribution in [3.63, 3.8) is 0 Å². The van der Waals surface area contributed by atoms with Gasteiger partial charge in [0.25, 0.3) is 0 Å². The molecule has 4 heteroatoms. The van der Waals surface area contributed by atoms with E-state index in [1.807, 2.05) is 26.1 Å². The van der Waals surface area contributed by atoms with Gasteiger partial charge in [-0.05, 0) is 45.5 Å². The third kappa shape index (κ3) is 4.37. The monoisotopic (exact) mass is 249 g/mol. The standard InChI is InChI=1S/C13H19N3S/c1-4-12(7-8-15-3)17-13-11(9-14)6-5-10(2)16-13/h5-6,12,15H,4,7-8H2,1-3H3. The molecule has 0 aliphatic rings. The van der Waals surface area contributed by atoms with Gasteiger partial charge in [0.2, 0.25) is 0 Å². The molecule has 0 radical (unpaired) electrons. The first-order valence-electron chi connectivity index (χ1n) is 5.90. The van der Waals surface area contributed by atoms with Crippen molar-refractivity contribution in [3.05, 3.63) is 23.4 Å². The van der Waals surface area contributed by atoms with E-state index < -0.39 is 0 Å². The van der Waals surface area contributed by atoms with Gasteiger partial charge in [-0.15, -0.1) is 11.8 Å². The van der Waals surface area contributed by atoms with Gasteiger partial charge in [-0.1, -0.05) is 6.92 Å². The summed E-state index contributed by atoms with van der Waals surface area (Å²) < 4.78 is 0. The van der Waals surface area contributed by atoms with Gasteiger partial charge in [-0.25, -0.2) is 4.98 Å². The summed E-state index contributed by atoms with van der Waals surface area (Å²) in [5, 5.41) is 13.6. The molecule has 0 bridgehead atoms. The van der Waals surface area contributed by atoms with E-state index in [9.17, 15) is 0 Å². The first kappa shape index (κ1) is 14.0. The third-order valence-corrected chi connectivity index (χ3v) is 4.01.